The van der Waals surface area contributed by atoms with Crippen molar-refractivity contribution < 1.29 is 12.3 Å². The third-order valence-corrected chi connectivity index (χ3v) is 3.43. The molecule has 0 saturated carbocycles. The molecule has 14 heavy (non-hydrogen) atoms. The van der Waals surface area contributed by atoms with Crippen molar-refractivity contribution in [1.82, 2.24) is 4.31 Å². The largest absolute Gasteiger partial charge is 0.375 e. The summed E-state index contributed by atoms with van der Waals surface area (Å²) in [4.78, 5) is 0. The van der Waals surface area contributed by atoms with Gasteiger partial charge in [-0.3, -0.25) is 0 Å². The Hall–Kier alpha value is -0.650. The number of benzene rings is 1. The molecule has 0 fully saturated rings. The molecule has 76 valence electrons. The zero-order valence-corrected chi connectivity index (χ0v) is 8.65. The first kappa shape index (κ1) is 9.89. The first-order chi connectivity index (χ1) is 6.48. The van der Waals surface area contributed by atoms with Crippen molar-refractivity contribution in [2.75, 3.05) is 0 Å². The third-order valence-electron chi connectivity index (χ3n) is 2.21. The number of fused-ring (bicyclic) bond motifs is 1. The summed E-state index contributed by atoms with van der Waals surface area (Å²) in [5.41, 5.74) is 1.45. The maximum absolute atomic E-state index is 12.6. The fraction of sp³-hybridized carbons (Fsp3) is 0.250. The topological polar surface area (TPSA) is 37.4 Å². The molecule has 0 aliphatic carbocycles. The summed E-state index contributed by atoms with van der Waals surface area (Å²) < 4.78 is 34.7. The molecule has 0 aromatic heterocycles. The molecule has 1 aromatic carbocycles. The first-order valence-electron chi connectivity index (χ1n) is 3.94. The molecule has 0 atom stereocenters. The SMILES string of the molecule is O=S(=O)(F)N1Cc2cccc(Cl)c2C1. The summed E-state index contributed by atoms with van der Waals surface area (Å²) in [6.07, 6.45) is 0. The van der Waals surface area contributed by atoms with Gasteiger partial charge >= 0.3 is 10.4 Å². The van der Waals surface area contributed by atoms with Crippen LogP contribution >= 0.6 is 11.6 Å². The van der Waals surface area contributed by atoms with E-state index in [1.54, 1.807) is 18.2 Å². The predicted octanol–water partition coefficient (Wildman–Crippen LogP) is 1.87. The van der Waals surface area contributed by atoms with E-state index in [9.17, 15) is 12.3 Å². The van der Waals surface area contributed by atoms with Crippen LogP contribution in [0, 0.1) is 0 Å². The van der Waals surface area contributed by atoms with Crippen molar-refractivity contribution in [2.24, 2.45) is 0 Å². The van der Waals surface area contributed by atoms with Gasteiger partial charge in [0.25, 0.3) is 0 Å². The van der Waals surface area contributed by atoms with Crippen molar-refractivity contribution in [2.45, 2.75) is 13.1 Å². The minimum Gasteiger partial charge on any atom is -0.177 e. The zero-order valence-electron chi connectivity index (χ0n) is 7.07. The normalized spacial score (nSPS) is 17.0. The van der Waals surface area contributed by atoms with E-state index in [2.05, 4.69) is 0 Å². The zero-order chi connectivity index (χ0) is 10.3. The van der Waals surface area contributed by atoms with Crippen molar-refractivity contribution in [3.05, 3.63) is 34.3 Å². The summed E-state index contributed by atoms with van der Waals surface area (Å²) in [5, 5.41) is 0.480. The minimum atomic E-state index is -4.61. The number of rotatable bonds is 1. The Morgan fingerprint density at radius 3 is 2.64 bits per heavy atom. The Balaban J connectivity index is 2.40. The average Bonchev–Trinajstić information content (AvgIpc) is 2.48. The van der Waals surface area contributed by atoms with Crippen LogP contribution in [0.25, 0.3) is 0 Å². The Labute approximate surface area is 86.4 Å². The van der Waals surface area contributed by atoms with Crippen molar-refractivity contribution in [1.29, 1.82) is 0 Å². The van der Waals surface area contributed by atoms with E-state index in [1.165, 1.54) is 0 Å². The lowest BCUT2D eigenvalue weighted by atomic mass is 10.1. The summed E-state index contributed by atoms with van der Waals surface area (Å²) in [6, 6.07) is 5.12. The number of hydrogen-bond acceptors (Lipinski definition) is 2. The van der Waals surface area contributed by atoms with Crippen LogP contribution in [0.4, 0.5) is 3.89 Å². The van der Waals surface area contributed by atoms with Crippen LogP contribution in [0.2, 0.25) is 5.02 Å². The maximum atomic E-state index is 12.6. The summed E-state index contributed by atoms with van der Waals surface area (Å²) in [7, 11) is -4.61. The Bertz CT molecular complexity index is 474. The van der Waals surface area contributed by atoms with Gasteiger partial charge in [0.1, 0.15) is 0 Å². The second kappa shape index (κ2) is 3.18. The molecule has 3 nitrogen and oxygen atoms in total. The van der Waals surface area contributed by atoms with Gasteiger partial charge in [0.2, 0.25) is 0 Å². The van der Waals surface area contributed by atoms with Crippen LogP contribution in [0.1, 0.15) is 11.1 Å². The molecular formula is C8H7ClFNO2S. The molecule has 0 unspecified atom stereocenters. The first-order valence-corrected chi connectivity index (χ1v) is 5.66. The average molecular weight is 236 g/mol. The van der Waals surface area contributed by atoms with Crippen LogP contribution in [-0.2, 0) is 23.5 Å². The van der Waals surface area contributed by atoms with Crippen LogP contribution in [0.5, 0.6) is 0 Å². The van der Waals surface area contributed by atoms with Gasteiger partial charge in [0.15, 0.2) is 0 Å². The lowest BCUT2D eigenvalue weighted by Crippen LogP contribution is -2.20. The van der Waals surface area contributed by atoms with E-state index in [0.717, 1.165) is 9.87 Å². The lowest BCUT2D eigenvalue weighted by molar-refractivity contribution is 0.399. The Morgan fingerprint density at radius 2 is 2.07 bits per heavy atom. The molecule has 1 aliphatic heterocycles. The van der Waals surface area contributed by atoms with Gasteiger partial charge in [0, 0.05) is 18.1 Å². The standard InChI is InChI=1S/C8H7ClFNO2S/c9-8-3-1-2-6-4-11(5-7(6)8)14(10,12)13/h1-3H,4-5H2. The smallest absolute Gasteiger partial charge is 0.177 e. The van der Waals surface area contributed by atoms with Crippen LogP contribution < -0.4 is 0 Å². The maximum Gasteiger partial charge on any atom is 0.375 e. The van der Waals surface area contributed by atoms with Crippen molar-refractivity contribution in [3.63, 3.8) is 0 Å². The minimum absolute atomic E-state index is 0.0217. The van der Waals surface area contributed by atoms with Gasteiger partial charge in [-0.2, -0.15) is 12.7 Å². The highest BCUT2D eigenvalue weighted by molar-refractivity contribution is 7.83. The van der Waals surface area contributed by atoms with Gasteiger partial charge in [-0.25, -0.2) is 0 Å². The molecule has 0 N–H and O–H groups in total. The Morgan fingerprint density at radius 1 is 1.36 bits per heavy atom. The van der Waals surface area contributed by atoms with E-state index in [4.69, 9.17) is 11.6 Å². The molecule has 0 spiro atoms. The monoisotopic (exact) mass is 235 g/mol. The summed E-state index contributed by atoms with van der Waals surface area (Å²) in [5.74, 6) is 0. The van der Waals surface area contributed by atoms with Gasteiger partial charge < -0.3 is 0 Å². The number of hydrogen-bond donors (Lipinski definition) is 0. The van der Waals surface area contributed by atoms with E-state index < -0.39 is 10.4 Å². The molecule has 1 aromatic rings. The highest BCUT2D eigenvalue weighted by atomic mass is 35.5. The lowest BCUT2D eigenvalue weighted by Gasteiger charge is -2.06. The van der Waals surface area contributed by atoms with Crippen molar-refractivity contribution in [3.8, 4) is 0 Å². The van der Waals surface area contributed by atoms with E-state index in [1.807, 2.05) is 0 Å². The second-order valence-corrected chi connectivity index (χ2v) is 4.84. The second-order valence-electron chi connectivity index (χ2n) is 3.09. The molecule has 6 heteroatoms. The van der Waals surface area contributed by atoms with Gasteiger partial charge in [-0.15, -0.1) is 0 Å². The molecule has 0 saturated heterocycles. The van der Waals surface area contributed by atoms with Crippen LogP contribution in [0.3, 0.4) is 0 Å². The van der Waals surface area contributed by atoms with Crippen molar-refractivity contribution >= 4 is 22.0 Å². The highest BCUT2D eigenvalue weighted by Crippen LogP contribution is 2.30. The van der Waals surface area contributed by atoms with E-state index in [-0.39, 0.29) is 13.1 Å². The van der Waals surface area contributed by atoms with Gasteiger partial charge in [-0.05, 0) is 17.2 Å². The summed E-state index contributed by atoms with van der Waals surface area (Å²) >= 11 is 5.84. The van der Waals surface area contributed by atoms with Crippen LogP contribution in [-0.4, -0.2) is 12.7 Å². The molecule has 1 aliphatic rings. The quantitative estimate of drug-likeness (QED) is 0.697. The fourth-order valence-electron chi connectivity index (χ4n) is 1.50. The predicted molar refractivity (Wildman–Crippen MR) is 50.7 cm³/mol. The molecule has 0 bridgehead atoms. The fourth-order valence-corrected chi connectivity index (χ4v) is 2.34. The van der Waals surface area contributed by atoms with E-state index >= 15 is 0 Å². The Kier molecular flexibility index (Phi) is 2.25. The molecule has 0 radical (unpaired) electrons. The molecule has 1 heterocycles. The molecular weight excluding hydrogens is 229 g/mol. The summed E-state index contributed by atoms with van der Waals surface area (Å²) in [6.45, 7) is 0.0859. The van der Waals surface area contributed by atoms with Crippen LogP contribution in [0.15, 0.2) is 18.2 Å². The van der Waals surface area contributed by atoms with Gasteiger partial charge in [-0.1, -0.05) is 27.6 Å². The molecule has 0 amide bonds. The highest BCUT2D eigenvalue weighted by Gasteiger charge is 2.29. The number of nitrogens with zero attached hydrogens (tertiary/aromatic N) is 1. The van der Waals surface area contributed by atoms with E-state index in [0.29, 0.717) is 10.6 Å². The van der Waals surface area contributed by atoms with Gasteiger partial charge in [0.05, 0.1) is 0 Å². The third kappa shape index (κ3) is 1.63. The number of halogens is 2. The molecule has 2 rings (SSSR count).